The molecule has 2 heterocycles. The third kappa shape index (κ3) is 4.07. The molecule has 10 heteroatoms. The largest absolute Gasteiger partial charge is 0.295 e. The number of rotatable bonds is 4. The Hall–Kier alpha value is -4.34. The molecule has 2 aromatic heterocycles. The van der Waals surface area contributed by atoms with Crippen molar-refractivity contribution >= 4 is 22.8 Å². The van der Waals surface area contributed by atoms with E-state index in [1.807, 2.05) is 0 Å². The van der Waals surface area contributed by atoms with Gasteiger partial charge in [0.1, 0.15) is 23.1 Å². The molecule has 0 radical (unpaired) electrons. The van der Waals surface area contributed by atoms with Crippen molar-refractivity contribution < 1.29 is 22.8 Å². The van der Waals surface area contributed by atoms with Crippen LogP contribution in [0.5, 0.6) is 0 Å². The van der Waals surface area contributed by atoms with Gasteiger partial charge < -0.3 is 0 Å². The van der Waals surface area contributed by atoms with Gasteiger partial charge in [0.2, 0.25) is 11.7 Å². The van der Waals surface area contributed by atoms with Gasteiger partial charge in [-0.3, -0.25) is 24.3 Å². The molecule has 7 nitrogen and oxygen atoms in total. The van der Waals surface area contributed by atoms with E-state index in [2.05, 4.69) is 15.3 Å². The van der Waals surface area contributed by atoms with Crippen LogP contribution in [0, 0.1) is 30.3 Å². The Morgan fingerprint density at radius 2 is 1.71 bits per heavy atom. The molecule has 5 rings (SSSR count). The number of fused-ring (bicyclic) bond motifs is 1. The average Bonchev–Trinajstić information content (AvgIpc) is 3.65. The van der Waals surface area contributed by atoms with Crippen molar-refractivity contribution in [2.45, 2.75) is 19.8 Å². The Morgan fingerprint density at radius 3 is 2.37 bits per heavy atom. The smallest absolute Gasteiger partial charge is 0.289 e. The molecule has 0 aliphatic heterocycles. The van der Waals surface area contributed by atoms with Crippen LogP contribution in [-0.2, 0) is 4.79 Å². The molecule has 0 atom stereocenters. The Balaban J connectivity index is 1.82. The van der Waals surface area contributed by atoms with Crippen molar-refractivity contribution in [1.82, 2.24) is 19.9 Å². The van der Waals surface area contributed by atoms with E-state index in [1.54, 1.807) is 6.92 Å². The highest BCUT2D eigenvalue weighted by Gasteiger charge is 2.32. The predicted molar refractivity (Wildman–Crippen MR) is 120 cm³/mol. The van der Waals surface area contributed by atoms with Crippen molar-refractivity contribution in [1.29, 1.82) is 0 Å². The van der Waals surface area contributed by atoms with E-state index in [-0.39, 0.29) is 22.6 Å². The predicted octanol–water partition coefficient (Wildman–Crippen LogP) is 3.84. The highest BCUT2D eigenvalue weighted by molar-refractivity contribution is 6.05. The first-order valence-electron chi connectivity index (χ1n) is 10.7. The van der Waals surface area contributed by atoms with E-state index in [1.165, 1.54) is 24.3 Å². The van der Waals surface area contributed by atoms with Gasteiger partial charge in [-0.25, -0.2) is 23.1 Å². The number of nitrogens with zero attached hydrogens (tertiary/aromatic N) is 3. The zero-order chi connectivity index (χ0) is 24.9. The summed E-state index contributed by atoms with van der Waals surface area (Å²) in [5.41, 5.74) is -0.742. The van der Waals surface area contributed by atoms with E-state index in [9.17, 15) is 27.6 Å². The van der Waals surface area contributed by atoms with Gasteiger partial charge in [0.15, 0.2) is 5.65 Å². The number of imide groups is 1. The number of aryl methyl sites for hydroxylation is 1. The fourth-order valence-corrected chi connectivity index (χ4v) is 3.85. The lowest BCUT2D eigenvalue weighted by Gasteiger charge is -2.15. The van der Waals surface area contributed by atoms with Gasteiger partial charge in [0, 0.05) is 22.9 Å². The fraction of sp³-hybridized carbons (Fsp3) is 0.160. The minimum atomic E-state index is -1.02. The van der Waals surface area contributed by atoms with E-state index in [0.29, 0.717) is 28.5 Å². The molecule has 35 heavy (non-hydrogen) atoms. The van der Waals surface area contributed by atoms with Crippen LogP contribution in [0.1, 0.15) is 29.0 Å². The maximum absolute atomic E-state index is 14.7. The van der Waals surface area contributed by atoms with Crippen LogP contribution in [0.4, 0.5) is 13.2 Å². The molecule has 1 aliphatic rings. The van der Waals surface area contributed by atoms with Crippen LogP contribution in [0.25, 0.3) is 28.0 Å². The molecule has 0 saturated heterocycles. The zero-order valence-electron chi connectivity index (χ0n) is 18.3. The van der Waals surface area contributed by atoms with Gasteiger partial charge in [0.05, 0.1) is 5.69 Å². The topological polar surface area (TPSA) is 94.0 Å². The summed E-state index contributed by atoms with van der Waals surface area (Å²) in [5.74, 6) is -4.71. The summed E-state index contributed by atoms with van der Waals surface area (Å²) in [6, 6.07) is 9.46. The summed E-state index contributed by atoms with van der Waals surface area (Å²) < 4.78 is 43.9. The summed E-state index contributed by atoms with van der Waals surface area (Å²) in [4.78, 5) is 46.3. The van der Waals surface area contributed by atoms with E-state index in [4.69, 9.17) is 0 Å². The SMILES string of the molecule is Cc1cc(F)ccc1-c1nc(C(=O)NC(=O)C2CC2)nc2c1ccc(=O)n2-c1c(F)cccc1F. The Kier molecular flexibility index (Phi) is 5.43. The molecule has 176 valence electrons. The molecule has 1 fully saturated rings. The molecular weight excluding hydrogens is 461 g/mol. The average molecular weight is 478 g/mol. The lowest BCUT2D eigenvalue weighted by Crippen LogP contribution is -2.33. The number of hydrogen-bond acceptors (Lipinski definition) is 5. The van der Waals surface area contributed by atoms with Gasteiger partial charge in [-0.2, -0.15) is 0 Å². The monoisotopic (exact) mass is 478 g/mol. The van der Waals surface area contributed by atoms with E-state index in [0.717, 1.165) is 24.3 Å². The Labute approximate surface area is 196 Å². The summed E-state index contributed by atoms with van der Waals surface area (Å²) in [5, 5.41) is 2.41. The van der Waals surface area contributed by atoms with Crippen LogP contribution < -0.4 is 10.9 Å². The van der Waals surface area contributed by atoms with Crippen LogP contribution in [0.15, 0.2) is 53.3 Å². The summed E-state index contributed by atoms with van der Waals surface area (Å²) in [6.07, 6.45) is 1.31. The number of hydrogen-bond donors (Lipinski definition) is 1. The highest BCUT2D eigenvalue weighted by Crippen LogP contribution is 2.31. The van der Waals surface area contributed by atoms with Gasteiger partial charge in [-0.05, 0) is 61.7 Å². The Morgan fingerprint density at radius 1 is 1.00 bits per heavy atom. The van der Waals surface area contributed by atoms with Gasteiger partial charge in [-0.1, -0.05) is 6.07 Å². The number of carbonyl (C=O) groups is 2. The van der Waals surface area contributed by atoms with Crippen molar-refractivity contribution in [3.05, 3.63) is 87.7 Å². The van der Waals surface area contributed by atoms with Crippen LogP contribution >= 0.6 is 0 Å². The lowest BCUT2D eigenvalue weighted by atomic mass is 10.0. The number of pyridine rings is 1. The number of benzene rings is 2. The van der Waals surface area contributed by atoms with Crippen LogP contribution in [0.2, 0.25) is 0 Å². The third-order valence-electron chi connectivity index (χ3n) is 5.74. The number of para-hydroxylation sites is 1. The van der Waals surface area contributed by atoms with Crippen LogP contribution in [-0.4, -0.2) is 26.3 Å². The molecule has 0 spiro atoms. The van der Waals surface area contributed by atoms with Gasteiger partial charge in [-0.15, -0.1) is 0 Å². The number of halogens is 3. The number of nitrogens with one attached hydrogen (secondary N) is 1. The standard InChI is InChI=1S/C25H17F3N4O3/c1-12-11-14(26)7-8-15(12)20-16-9-10-19(33)32(21-17(27)3-2-4-18(21)28)23(16)30-22(29-20)25(35)31-24(34)13-5-6-13/h2-4,7-11,13H,5-6H2,1H3,(H,31,34,35). The van der Waals surface area contributed by atoms with Crippen molar-refractivity contribution in [3.63, 3.8) is 0 Å². The van der Waals surface area contributed by atoms with Crippen LogP contribution in [0.3, 0.4) is 0 Å². The first-order chi connectivity index (χ1) is 16.7. The van der Waals surface area contributed by atoms with E-state index >= 15 is 0 Å². The van der Waals surface area contributed by atoms with Gasteiger partial charge >= 0.3 is 0 Å². The van der Waals surface area contributed by atoms with E-state index < -0.39 is 46.3 Å². The summed E-state index contributed by atoms with van der Waals surface area (Å²) >= 11 is 0. The minimum Gasteiger partial charge on any atom is -0.289 e. The fourth-order valence-electron chi connectivity index (χ4n) is 3.85. The van der Waals surface area contributed by atoms with Crippen molar-refractivity contribution in [2.24, 2.45) is 5.92 Å². The second kappa shape index (κ2) is 8.46. The third-order valence-corrected chi connectivity index (χ3v) is 5.74. The molecule has 0 bridgehead atoms. The quantitative estimate of drug-likeness (QED) is 0.450. The summed E-state index contributed by atoms with van der Waals surface area (Å²) in [6.45, 7) is 1.62. The zero-order valence-corrected chi connectivity index (χ0v) is 18.3. The Bertz CT molecular complexity index is 1580. The van der Waals surface area contributed by atoms with Gasteiger partial charge in [0.25, 0.3) is 11.5 Å². The lowest BCUT2D eigenvalue weighted by molar-refractivity contribution is -0.121. The maximum Gasteiger partial charge on any atom is 0.295 e. The molecule has 2 amide bonds. The molecular formula is C25H17F3N4O3. The first kappa shape index (κ1) is 22.5. The second-order valence-corrected chi connectivity index (χ2v) is 8.26. The first-order valence-corrected chi connectivity index (χ1v) is 10.7. The number of carbonyl (C=O) groups excluding carboxylic acids is 2. The molecule has 4 aromatic rings. The second-order valence-electron chi connectivity index (χ2n) is 8.26. The molecule has 1 N–H and O–H groups in total. The number of amides is 2. The maximum atomic E-state index is 14.7. The molecule has 1 aliphatic carbocycles. The highest BCUT2D eigenvalue weighted by atomic mass is 19.1. The molecule has 1 saturated carbocycles. The van der Waals surface area contributed by atoms with Crippen molar-refractivity contribution in [3.8, 4) is 16.9 Å². The normalized spacial score (nSPS) is 13.1. The molecule has 2 aromatic carbocycles. The number of aromatic nitrogens is 3. The summed E-state index contributed by atoms with van der Waals surface area (Å²) in [7, 11) is 0. The van der Waals surface area contributed by atoms with Crippen molar-refractivity contribution in [2.75, 3.05) is 0 Å². The molecule has 0 unspecified atom stereocenters. The minimum absolute atomic E-state index is 0.127.